The van der Waals surface area contributed by atoms with Crippen LogP contribution in [-0.2, 0) is 0 Å². The average Bonchev–Trinajstić information content (AvgIpc) is 2.40. The Morgan fingerprint density at radius 2 is 2.17 bits per heavy atom. The molecule has 0 saturated carbocycles. The maximum Gasteiger partial charge on any atom is 0.120 e. The van der Waals surface area contributed by atoms with Crippen LogP contribution < -0.4 is 10.1 Å². The summed E-state index contributed by atoms with van der Waals surface area (Å²) in [5.74, 6) is 0.848. The van der Waals surface area contributed by atoms with Gasteiger partial charge in [0.1, 0.15) is 12.4 Å². The summed E-state index contributed by atoms with van der Waals surface area (Å²) in [6, 6.07) is 8.25. The zero-order valence-electron chi connectivity index (χ0n) is 10.9. The van der Waals surface area contributed by atoms with E-state index in [0.717, 1.165) is 30.4 Å². The highest BCUT2D eigenvalue weighted by Crippen LogP contribution is 2.17. The number of piperidine rings is 1. The van der Waals surface area contributed by atoms with Gasteiger partial charge in [0.25, 0.3) is 0 Å². The highest BCUT2D eigenvalue weighted by atomic mass is 35.5. The molecule has 1 aliphatic rings. The van der Waals surface area contributed by atoms with E-state index in [-0.39, 0.29) is 0 Å². The molecule has 0 radical (unpaired) electrons. The molecule has 4 heteroatoms. The fourth-order valence-electron chi connectivity index (χ4n) is 2.29. The van der Waals surface area contributed by atoms with Crippen molar-refractivity contribution in [2.24, 2.45) is 0 Å². The average molecular weight is 269 g/mol. The Balaban J connectivity index is 1.71. The summed E-state index contributed by atoms with van der Waals surface area (Å²) < 4.78 is 5.71. The third-order valence-electron chi connectivity index (χ3n) is 3.44. The molecule has 1 saturated heterocycles. The van der Waals surface area contributed by atoms with E-state index < -0.39 is 0 Å². The second-order valence-corrected chi connectivity index (χ2v) is 5.20. The maximum atomic E-state index is 5.91. The molecule has 100 valence electrons. The number of hydrogen-bond donors (Lipinski definition) is 1. The Kier molecular flexibility index (Phi) is 5.29. The Morgan fingerprint density at radius 3 is 2.89 bits per heavy atom. The number of rotatable bonds is 5. The fourth-order valence-corrected chi connectivity index (χ4v) is 2.47. The fraction of sp³-hybridized carbons (Fsp3) is 0.571. The Morgan fingerprint density at radius 1 is 1.39 bits per heavy atom. The topological polar surface area (TPSA) is 24.5 Å². The zero-order valence-corrected chi connectivity index (χ0v) is 11.6. The van der Waals surface area contributed by atoms with Gasteiger partial charge in [0.2, 0.25) is 0 Å². The van der Waals surface area contributed by atoms with Gasteiger partial charge in [-0.15, -0.1) is 0 Å². The Labute approximate surface area is 114 Å². The summed E-state index contributed by atoms with van der Waals surface area (Å²) in [6.07, 6.45) is 2.46. The van der Waals surface area contributed by atoms with E-state index in [1.165, 1.54) is 12.8 Å². The van der Waals surface area contributed by atoms with E-state index in [1.54, 1.807) is 0 Å². The summed E-state index contributed by atoms with van der Waals surface area (Å²) in [6.45, 7) is 3.92. The highest BCUT2D eigenvalue weighted by Gasteiger charge is 2.17. The van der Waals surface area contributed by atoms with Crippen molar-refractivity contribution >= 4 is 11.6 Å². The van der Waals surface area contributed by atoms with Crippen LogP contribution in [0.15, 0.2) is 24.3 Å². The van der Waals surface area contributed by atoms with E-state index >= 15 is 0 Å². The second-order valence-electron chi connectivity index (χ2n) is 4.77. The van der Waals surface area contributed by atoms with Gasteiger partial charge >= 0.3 is 0 Å². The smallest absolute Gasteiger partial charge is 0.120 e. The van der Waals surface area contributed by atoms with Gasteiger partial charge in [0.15, 0.2) is 0 Å². The van der Waals surface area contributed by atoms with Gasteiger partial charge in [0, 0.05) is 17.6 Å². The van der Waals surface area contributed by atoms with Crippen LogP contribution in [0.1, 0.15) is 12.8 Å². The zero-order chi connectivity index (χ0) is 12.8. The van der Waals surface area contributed by atoms with E-state index in [2.05, 4.69) is 17.3 Å². The van der Waals surface area contributed by atoms with Crippen LogP contribution in [0.25, 0.3) is 0 Å². The van der Waals surface area contributed by atoms with Gasteiger partial charge < -0.3 is 10.1 Å². The number of likely N-dealkylation sites (N-methyl/N-ethyl adjacent to an activating group) is 1. The predicted molar refractivity (Wildman–Crippen MR) is 75.5 cm³/mol. The second kappa shape index (κ2) is 6.98. The molecule has 0 spiro atoms. The predicted octanol–water partition coefficient (Wildman–Crippen LogP) is 2.40. The monoisotopic (exact) mass is 268 g/mol. The summed E-state index contributed by atoms with van der Waals surface area (Å²) in [7, 11) is 2.18. The lowest BCUT2D eigenvalue weighted by molar-refractivity contribution is 0.165. The minimum absolute atomic E-state index is 0.689. The highest BCUT2D eigenvalue weighted by molar-refractivity contribution is 6.30. The van der Waals surface area contributed by atoms with E-state index in [0.29, 0.717) is 12.6 Å². The number of nitrogens with zero attached hydrogens (tertiary/aromatic N) is 1. The van der Waals surface area contributed by atoms with Crippen molar-refractivity contribution in [3.63, 3.8) is 0 Å². The van der Waals surface area contributed by atoms with E-state index in [1.807, 2.05) is 24.3 Å². The normalized spacial score (nSPS) is 17.1. The van der Waals surface area contributed by atoms with Gasteiger partial charge in [0.05, 0.1) is 0 Å². The number of benzene rings is 1. The molecule has 0 amide bonds. The third-order valence-corrected chi connectivity index (χ3v) is 3.68. The largest absolute Gasteiger partial charge is 0.492 e. The van der Waals surface area contributed by atoms with Crippen LogP contribution in [-0.4, -0.2) is 44.2 Å². The summed E-state index contributed by atoms with van der Waals surface area (Å²) in [5.41, 5.74) is 0. The minimum atomic E-state index is 0.689. The maximum absolute atomic E-state index is 5.91. The van der Waals surface area contributed by atoms with Crippen molar-refractivity contribution in [1.82, 2.24) is 10.2 Å². The molecule has 0 atom stereocenters. The van der Waals surface area contributed by atoms with Crippen LogP contribution in [0.2, 0.25) is 5.02 Å². The van der Waals surface area contributed by atoms with Crippen LogP contribution in [0.4, 0.5) is 0 Å². The quantitative estimate of drug-likeness (QED) is 0.888. The molecule has 1 N–H and O–H groups in total. The SMILES string of the molecule is CN(CCOc1cccc(Cl)c1)C1CCNCC1. The van der Waals surface area contributed by atoms with Gasteiger partial charge in [-0.1, -0.05) is 17.7 Å². The van der Waals surface area contributed by atoms with Crippen molar-refractivity contribution < 1.29 is 4.74 Å². The molecular formula is C14H21ClN2O. The molecule has 0 unspecified atom stereocenters. The summed E-state index contributed by atoms with van der Waals surface area (Å²) in [4.78, 5) is 2.39. The van der Waals surface area contributed by atoms with Crippen molar-refractivity contribution in [2.45, 2.75) is 18.9 Å². The summed E-state index contributed by atoms with van der Waals surface area (Å²) >= 11 is 5.91. The molecule has 0 bridgehead atoms. The number of nitrogens with one attached hydrogen (secondary N) is 1. The number of ether oxygens (including phenoxy) is 1. The van der Waals surface area contributed by atoms with Crippen molar-refractivity contribution in [2.75, 3.05) is 33.3 Å². The third kappa shape index (κ3) is 4.16. The van der Waals surface area contributed by atoms with Crippen LogP contribution in [0, 0.1) is 0 Å². The molecule has 1 aliphatic heterocycles. The van der Waals surface area contributed by atoms with Crippen molar-refractivity contribution in [1.29, 1.82) is 0 Å². The molecule has 0 aromatic heterocycles. The van der Waals surface area contributed by atoms with Crippen molar-refractivity contribution in [3.05, 3.63) is 29.3 Å². The Bertz CT molecular complexity index is 367. The Hall–Kier alpha value is -0.770. The molecule has 1 aromatic rings. The lowest BCUT2D eigenvalue weighted by atomic mass is 10.1. The molecule has 1 aromatic carbocycles. The van der Waals surface area contributed by atoms with Gasteiger partial charge in [-0.25, -0.2) is 0 Å². The molecule has 1 heterocycles. The molecule has 0 aliphatic carbocycles. The first-order valence-corrected chi connectivity index (χ1v) is 6.93. The van der Waals surface area contributed by atoms with Gasteiger partial charge in [-0.2, -0.15) is 0 Å². The molecule has 1 fully saturated rings. The van der Waals surface area contributed by atoms with E-state index in [9.17, 15) is 0 Å². The first-order valence-electron chi connectivity index (χ1n) is 6.55. The lowest BCUT2D eigenvalue weighted by Gasteiger charge is -2.31. The molecule has 18 heavy (non-hydrogen) atoms. The molecular weight excluding hydrogens is 248 g/mol. The first kappa shape index (κ1) is 13.7. The van der Waals surface area contributed by atoms with Crippen LogP contribution in [0.3, 0.4) is 0 Å². The van der Waals surface area contributed by atoms with E-state index in [4.69, 9.17) is 16.3 Å². The van der Waals surface area contributed by atoms with Gasteiger partial charge in [-0.3, -0.25) is 4.90 Å². The first-order chi connectivity index (χ1) is 8.75. The van der Waals surface area contributed by atoms with Crippen molar-refractivity contribution in [3.8, 4) is 5.75 Å². The lowest BCUT2D eigenvalue weighted by Crippen LogP contribution is -2.42. The standard InChI is InChI=1S/C14H21ClN2O/c1-17(13-5-7-16-8-6-13)9-10-18-14-4-2-3-12(15)11-14/h2-4,11,13,16H,5-10H2,1H3. The van der Waals surface area contributed by atoms with Crippen LogP contribution in [0.5, 0.6) is 5.75 Å². The van der Waals surface area contributed by atoms with Gasteiger partial charge in [-0.05, 0) is 51.2 Å². The number of halogens is 1. The molecule has 2 rings (SSSR count). The summed E-state index contributed by atoms with van der Waals surface area (Å²) in [5, 5.41) is 4.11. The van der Waals surface area contributed by atoms with Crippen LogP contribution >= 0.6 is 11.6 Å². The number of hydrogen-bond acceptors (Lipinski definition) is 3. The molecule has 3 nitrogen and oxygen atoms in total. The minimum Gasteiger partial charge on any atom is -0.492 e.